The number of para-hydroxylation sites is 1. The lowest BCUT2D eigenvalue weighted by Crippen LogP contribution is -1.92. The summed E-state index contributed by atoms with van der Waals surface area (Å²) in [5.74, 6) is 0.294. The highest BCUT2D eigenvalue weighted by atomic mass is 16.3. The Morgan fingerprint density at radius 3 is 2.25 bits per heavy atom. The first kappa shape index (κ1) is 13.2. The Bertz CT molecular complexity index is 1200. The van der Waals surface area contributed by atoms with Gasteiger partial charge in [0, 0.05) is 16.5 Å². The lowest BCUT2D eigenvalue weighted by Gasteiger charge is -2.07. The summed E-state index contributed by atoms with van der Waals surface area (Å²) in [6.07, 6.45) is 0. The number of fused-ring (bicyclic) bond motifs is 5. The first-order valence-corrected chi connectivity index (χ1v) is 8.03. The molecule has 0 fully saturated rings. The summed E-state index contributed by atoms with van der Waals surface area (Å²) in [6, 6.07) is 28.7. The van der Waals surface area contributed by atoms with Crippen molar-refractivity contribution < 1.29 is 5.11 Å². The topological polar surface area (TPSA) is 25.2 Å². The molecular formula is C22H15NO. The van der Waals surface area contributed by atoms with Gasteiger partial charge in [0.2, 0.25) is 0 Å². The van der Waals surface area contributed by atoms with Crippen LogP contribution in [0.25, 0.3) is 38.3 Å². The van der Waals surface area contributed by atoms with Gasteiger partial charge < -0.3 is 9.67 Å². The van der Waals surface area contributed by atoms with Crippen LogP contribution in [0.2, 0.25) is 0 Å². The normalized spacial score (nSPS) is 11.5. The van der Waals surface area contributed by atoms with E-state index in [9.17, 15) is 5.11 Å². The molecule has 0 radical (unpaired) electrons. The van der Waals surface area contributed by atoms with Crippen LogP contribution in [0.4, 0.5) is 0 Å². The molecule has 5 aromatic rings. The third-order valence-corrected chi connectivity index (χ3v) is 4.65. The smallest absolute Gasteiger partial charge is 0.116 e. The average Bonchev–Trinajstić information content (AvgIpc) is 2.96. The predicted molar refractivity (Wildman–Crippen MR) is 100.0 cm³/mol. The third-order valence-electron chi connectivity index (χ3n) is 4.65. The fourth-order valence-corrected chi connectivity index (χ4v) is 3.63. The van der Waals surface area contributed by atoms with E-state index in [0.717, 1.165) is 22.1 Å². The molecule has 0 aliphatic carbocycles. The maximum Gasteiger partial charge on any atom is 0.116 e. The molecule has 0 saturated carbocycles. The van der Waals surface area contributed by atoms with Crippen molar-refractivity contribution in [2.75, 3.05) is 0 Å². The number of benzene rings is 4. The summed E-state index contributed by atoms with van der Waals surface area (Å²) in [5.41, 5.74) is 3.38. The fourth-order valence-electron chi connectivity index (χ4n) is 3.63. The Hall–Kier alpha value is -3.26. The van der Waals surface area contributed by atoms with Crippen molar-refractivity contribution in [3.05, 3.63) is 84.9 Å². The number of aromatic nitrogens is 1. The van der Waals surface area contributed by atoms with Crippen LogP contribution in [-0.2, 0) is 0 Å². The van der Waals surface area contributed by atoms with E-state index in [0.29, 0.717) is 5.75 Å². The monoisotopic (exact) mass is 309 g/mol. The molecule has 0 amide bonds. The molecule has 1 N–H and O–H groups in total. The molecule has 4 aromatic carbocycles. The van der Waals surface area contributed by atoms with E-state index in [-0.39, 0.29) is 0 Å². The Kier molecular flexibility index (Phi) is 2.68. The minimum Gasteiger partial charge on any atom is -0.508 e. The first-order valence-electron chi connectivity index (χ1n) is 8.03. The SMILES string of the molecule is Oc1ccc2c(c1)c1c3ccccc3ccc1n2-c1ccccc1. The van der Waals surface area contributed by atoms with Crippen molar-refractivity contribution in [1.29, 1.82) is 0 Å². The van der Waals surface area contributed by atoms with Crippen LogP contribution in [-0.4, -0.2) is 9.67 Å². The Balaban J connectivity index is 2.07. The highest BCUT2D eigenvalue weighted by Crippen LogP contribution is 2.37. The molecule has 2 heteroatoms. The number of hydrogen-bond acceptors (Lipinski definition) is 1. The summed E-state index contributed by atoms with van der Waals surface area (Å²) in [5, 5.41) is 14.7. The maximum atomic E-state index is 10.0. The van der Waals surface area contributed by atoms with E-state index < -0.39 is 0 Å². The van der Waals surface area contributed by atoms with Crippen molar-refractivity contribution in [3.63, 3.8) is 0 Å². The van der Waals surface area contributed by atoms with Gasteiger partial charge in [0.05, 0.1) is 11.0 Å². The molecule has 1 heterocycles. The molecule has 0 atom stereocenters. The molecule has 5 rings (SSSR count). The third kappa shape index (κ3) is 1.77. The molecule has 0 aliphatic heterocycles. The first-order chi connectivity index (χ1) is 11.8. The van der Waals surface area contributed by atoms with E-state index in [1.165, 1.54) is 16.2 Å². The van der Waals surface area contributed by atoms with Crippen LogP contribution in [0.15, 0.2) is 84.9 Å². The highest BCUT2D eigenvalue weighted by Gasteiger charge is 2.14. The van der Waals surface area contributed by atoms with Crippen LogP contribution < -0.4 is 0 Å². The summed E-state index contributed by atoms with van der Waals surface area (Å²) in [4.78, 5) is 0. The lowest BCUT2D eigenvalue weighted by atomic mass is 10.0. The largest absolute Gasteiger partial charge is 0.508 e. The zero-order valence-corrected chi connectivity index (χ0v) is 13.0. The predicted octanol–water partition coefficient (Wildman–Crippen LogP) is 5.64. The standard InChI is InChI=1S/C22H15NO/c24-17-11-13-20-19(14-17)22-18-9-5-4-6-15(18)10-12-21(22)23(20)16-7-2-1-3-8-16/h1-14,24H. The second-order valence-electron chi connectivity index (χ2n) is 6.05. The Labute approximate surface area is 139 Å². The van der Waals surface area contributed by atoms with E-state index in [1.807, 2.05) is 18.2 Å². The van der Waals surface area contributed by atoms with E-state index in [1.54, 1.807) is 6.07 Å². The fraction of sp³-hybridized carbons (Fsp3) is 0. The van der Waals surface area contributed by atoms with Gasteiger partial charge in [0.1, 0.15) is 5.75 Å². The van der Waals surface area contributed by atoms with Crippen LogP contribution in [0.3, 0.4) is 0 Å². The van der Waals surface area contributed by atoms with Gasteiger partial charge in [-0.15, -0.1) is 0 Å². The van der Waals surface area contributed by atoms with Crippen LogP contribution >= 0.6 is 0 Å². The Morgan fingerprint density at radius 2 is 1.38 bits per heavy atom. The summed E-state index contributed by atoms with van der Waals surface area (Å²) >= 11 is 0. The maximum absolute atomic E-state index is 10.0. The van der Waals surface area contributed by atoms with Crippen LogP contribution in [0.1, 0.15) is 0 Å². The van der Waals surface area contributed by atoms with Gasteiger partial charge in [-0.1, -0.05) is 48.5 Å². The number of nitrogens with zero attached hydrogens (tertiary/aromatic N) is 1. The highest BCUT2D eigenvalue weighted by molar-refractivity contribution is 6.21. The number of hydrogen-bond donors (Lipinski definition) is 1. The molecule has 24 heavy (non-hydrogen) atoms. The molecule has 0 aliphatic rings. The van der Waals surface area contributed by atoms with Crippen molar-refractivity contribution in [2.45, 2.75) is 0 Å². The second-order valence-corrected chi connectivity index (χ2v) is 6.05. The van der Waals surface area contributed by atoms with Crippen molar-refractivity contribution in [2.24, 2.45) is 0 Å². The van der Waals surface area contributed by atoms with E-state index in [2.05, 4.69) is 65.2 Å². The van der Waals surface area contributed by atoms with Crippen molar-refractivity contribution in [1.82, 2.24) is 4.57 Å². The summed E-state index contributed by atoms with van der Waals surface area (Å²) in [7, 11) is 0. The van der Waals surface area contributed by atoms with Gasteiger partial charge in [-0.05, 0) is 47.2 Å². The minimum atomic E-state index is 0.294. The van der Waals surface area contributed by atoms with Crippen LogP contribution in [0, 0.1) is 0 Å². The molecule has 0 unspecified atom stereocenters. The lowest BCUT2D eigenvalue weighted by molar-refractivity contribution is 0.476. The zero-order valence-electron chi connectivity index (χ0n) is 13.0. The minimum absolute atomic E-state index is 0.294. The Morgan fingerprint density at radius 1 is 0.625 bits per heavy atom. The quantitative estimate of drug-likeness (QED) is 0.426. The van der Waals surface area contributed by atoms with Gasteiger partial charge in [-0.3, -0.25) is 0 Å². The van der Waals surface area contributed by atoms with E-state index in [4.69, 9.17) is 0 Å². The molecule has 114 valence electrons. The molecule has 0 spiro atoms. The average molecular weight is 309 g/mol. The number of phenols is 1. The van der Waals surface area contributed by atoms with Gasteiger partial charge >= 0.3 is 0 Å². The van der Waals surface area contributed by atoms with Crippen molar-refractivity contribution in [3.8, 4) is 11.4 Å². The van der Waals surface area contributed by atoms with Gasteiger partial charge in [0.15, 0.2) is 0 Å². The molecule has 1 aromatic heterocycles. The molecule has 0 saturated heterocycles. The summed E-state index contributed by atoms with van der Waals surface area (Å²) < 4.78 is 2.26. The number of rotatable bonds is 1. The van der Waals surface area contributed by atoms with Gasteiger partial charge in [0.25, 0.3) is 0 Å². The summed E-state index contributed by atoms with van der Waals surface area (Å²) in [6.45, 7) is 0. The van der Waals surface area contributed by atoms with E-state index >= 15 is 0 Å². The number of phenolic OH excluding ortho intramolecular Hbond substituents is 1. The molecular weight excluding hydrogens is 294 g/mol. The van der Waals surface area contributed by atoms with Gasteiger partial charge in [-0.25, -0.2) is 0 Å². The van der Waals surface area contributed by atoms with Crippen molar-refractivity contribution >= 4 is 32.6 Å². The second kappa shape index (κ2) is 4.87. The zero-order chi connectivity index (χ0) is 16.1. The molecule has 2 nitrogen and oxygen atoms in total. The molecule has 0 bridgehead atoms. The van der Waals surface area contributed by atoms with Gasteiger partial charge in [-0.2, -0.15) is 0 Å². The number of aromatic hydroxyl groups is 1. The van der Waals surface area contributed by atoms with Crippen LogP contribution in [0.5, 0.6) is 5.75 Å².